The molecule has 5 heterocycles. The Morgan fingerprint density at radius 1 is 1.10 bits per heavy atom. The second-order valence-corrected chi connectivity index (χ2v) is 7.93. The lowest BCUT2D eigenvalue weighted by molar-refractivity contribution is 0.0706. The van der Waals surface area contributed by atoms with E-state index in [9.17, 15) is 4.79 Å². The first-order valence-electron chi connectivity index (χ1n) is 9.98. The van der Waals surface area contributed by atoms with Crippen LogP contribution in [0.25, 0.3) is 17.0 Å². The van der Waals surface area contributed by atoms with Gasteiger partial charge in [-0.1, -0.05) is 17.7 Å². The molecule has 5 rings (SSSR count). The largest absolute Gasteiger partial charge is 0.338 e. The molecule has 0 N–H and O–H groups in total. The topological polar surface area (TPSA) is 63.4 Å². The van der Waals surface area contributed by atoms with E-state index in [-0.39, 0.29) is 11.8 Å². The molecule has 7 heteroatoms. The van der Waals surface area contributed by atoms with Crippen LogP contribution in [0, 0.1) is 0 Å². The predicted molar refractivity (Wildman–Crippen MR) is 116 cm³/mol. The maximum atomic E-state index is 12.9. The molecule has 0 bridgehead atoms. The van der Waals surface area contributed by atoms with Crippen LogP contribution in [-0.4, -0.2) is 43.2 Å². The van der Waals surface area contributed by atoms with Crippen molar-refractivity contribution in [2.45, 2.75) is 18.8 Å². The van der Waals surface area contributed by atoms with E-state index < -0.39 is 0 Å². The summed E-state index contributed by atoms with van der Waals surface area (Å²) in [5.74, 6) is 0.252. The van der Waals surface area contributed by atoms with Crippen LogP contribution in [0.2, 0.25) is 5.02 Å². The third kappa shape index (κ3) is 3.55. The van der Waals surface area contributed by atoms with Gasteiger partial charge in [0, 0.05) is 48.9 Å². The van der Waals surface area contributed by atoms with Crippen LogP contribution in [0.3, 0.4) is 0 Å². The number of rotatable bonds is 3. The number of imidazole rings is 1. The highest BCUT2D eigenvalue weighted by atomic mass is 35.5. The molecule has 1 fully saturated rings. The summed E-state index contributed by atoms with van der Waals surface area (Å²) in [5.41, 5.74) is 4.25. The number of nitrogens with zero attached hydrogens (tertiary/aromatic N) is 5. The van der Waals surface area contributed by atoms with Gasteiger partial charge in [-0.2, -0.15) is 0 Å². The summed E-state index contributed by atoms with van der Waals surface area (Å²) >= 11 is 6.17. The minimum atomic E-state index is 0.0506. The lowest BCUT2D eigenvalue weighted by Gasteiger charge is -2.32. The number of amides is 1. The van der Waals surface area contributed by atoms with Gasteiger partial charge in [0.15, 0.2) is 0 Å². The van der Waals surface area contributed by atoms with E-state index in [1.54, 1.807) is 24.5 Å². The fourth-order valence-corrected chi connectivity index (χ4v) is 4.21. The van der Waals surface area contributed by atoms with E-state index in [0.29, 0.717) is 17.1 Å². The van der Waals surface area contributed by atoms with Crippen LogP contribution in [0.5, 0.6) is 0 Å². The van der Waals surface area contributed by atoms with Crippen molar-refractivity contribution in [1.29, 1.82) is 0 Å². The highest BCUT2D eigenvalue weighted by molar-refractivity contribution is 6.30. The lowest BCUT2D eigenvalue weighted by Crippen LogP contribution is -2.39. The van der Waals surface area contributed by atoms with Crippen molar-refractivity contribution in [2.24, 2.45) is 0 Å². The van der Waals surface area contributed by atoms with Crippen LogP contribution in [-0.2, 0) is 0 Å². The van der Waals surface area contributed by atoms with Gasteiger partial charge in [0.1, 0.15) is 5.65 Å². The molecule has 0 unspecified atom stereocenters. The maximum absolute atomic E-state index is 12.9. The number of halogens is 1. The molecular formula is C23H20ClN5O. The molecule has 150 valence electrons. The van der Waals surface area contributed by atoms with Gasteiger partial charge < -0.3 is 4.90 Å². The molecule has 6 nitrogen and oxygen atoms in total. The van der Waals surface area contributed by atoms with Crippen molar-refractivity contribution in [3.63, 3.8) is 0 Å². The van der Waals surface area contributed by atoms with Crippen molar-refractivity contribution in [1.82, 2.24) is 24.3 Å². The number of aromatic nitrogens is 4. The molecule has 1 atom stereocenters. The van der Waals surface area contributed by atoms with Crippen LogP contribution in [0.1, 0.15) is 34.8 Å². The van der Waals surface area contributed by atoms with E-state index in [4.69, 9.17) is 16.6 Å². The number of carbonyl (C=O) groups is 1. The molecule has 4 aromatic rings. The molecule has 1 aliphatic heterocycles. The maximum Gasteiger partial charge on any atom is 0.253 e. The van der Waals surface area contributed by atoms with Gasteiger partial charge in [0.2, 0.25) is 0 Å². The summed E-state index contributed by atoms with van der Waals surface area (Å²) in [4.78, 5) is 28.2. The Balaban J connectivity index is 1.42. The first-order valence-corrected chi connectivity index (χ1v) is 10.4. The van der Waals surface area contributed by atoms with Gasteiger partial charge in [-0.15, -0.1) is 0 Å². The molecular weight excluding hydrogens is 398 g/mol. The third-order valence-electron chi connectivity index (χ3n) is 5.56. The lowest BCUT2D eigenvalue weighted by atomic mass is 9.93. The van der Waals surface area contributed by atoms with Crippen molar-refractivity contribution < 1.29 is 4.79 Å². The van der Waals surface area contributed by atoms with Crippen LogP contribution >= 0.6 is 11.6 Å². The Hall–Kier alpha value is -3.25. The van der Waals surface area contributed by atoms with Crippen molar-refractivity contribution in [3.8, 4) is 11.4 Å². The van der Waals surface area contributed by atoms with Gasteiger partial charge in [-0.05, 0) is 49.2 Å². The van der Waals surface area contributed by atoms with Crippen molar-refractivity contribution in [3.05, 3.63) is 83.5 Å². The molecule has 1 amide bonds. The minimum Gasteiger partial charge on any atom is -0.338 e. The quantitative estimate of drug-likeness (QED) is 0.493. The number of hydrogen-bond donors (Lipinski definition) is 0. The zero-order valence-electron chi connectivity index (χ0n) is 16.3. The summed E-state index contributed by atoms with van der Waals surface area (Å²) in [6.07, 6.45) is 8.94. The van der Waals surface area contributed by atoms with Crippen LogP contribution in [0.15, 0.2) is 67.3 Å². The van der Waals surface area contributed by atoms with Crippen molar-refractivity contribution in [2.75, 3.05) is 13.1 Å². The highest BCUT2D eigenvalue weighted by Crippen LogP contribution is 2.29. The van der Waals surface area contributed by atoms with Crippen molar-refractivity contribution >= 4 is 23.2 Å². The Bertz CT molecular complexity index is 1210. The zero-order valence-corrected chi connectivity index (χ0v) is 17.0. The number of pyridine rings is 3. The molecule has 1 aliphatic rings. The SMILES string of the molecule is O=C(c1ccncc1)N1CCC[C@H](c2cccc(-c3cnc4ccc(Cl)cn34)n2)C1. The first kappa shape index (κ1) is 18.8. The molecule has 4 aromatic heterocycles. The average molecular weight is 418 g/mol. The standard InChI is InChI=1S/C23H20ClN5O/c24-18-6-7-22-26-13-21(29(22)15-18)20-5-1-4-19(27-20)17-3-2-12-28(14-17)23(30)16-8-10-25-11-9-16/h1,4-11,13,15,17H,2-3,12,14H2/t17-/m0/s1. The van der Waals surface area contributed by atoms with Gasteiger partial charge in [0.05, 0.1) is 22.6 Å². The van der Waals surface area contributed by atoms with E-state index in [1.807, 2.05) is 52.0 Å². The van der Waals surface area contributed by atoms with E-state index >= 15 is 0 Å². The van der Waals surface area contributed by atoms with Gasteiger partial charge in [-0.3, -0.25) is 19.2 Å². The molecule has 0 radical (unpaired) electrons. The number of piperidine rings is 1. The number of carbonyl (C=O) groups excluding carboxylic acids is 1. The second-order valence-electron chi connectivity index (χ2n) is 7.49. The van der Waals surface area contributed by atoms with Gasteiger partial charge in [-0.25, -0.2) is 4.98 Å². The van der Waals surface area contributed by atoms with Gasteiger partial charge >= 0.3 is 0 Å². The Morgan fingerprint density at radius 2 is 1.97 bits per heavy atom. The Kier molecular flexibility index (Phi) is 4.93. The zero-order chi connectivity index (χ0) is 20.5. The highest BCUT2D eigenvalue weighted by Gasteiger charge is 2.26. The summed E-state index contributed by atoms with van der Waals surface area (Å²) < 4.78 is 1.95. The molecule has 0 aromatic carbocycles. The molecule has 0 aliphatic carbocycles. The Labute approximate surface area is 179 Å². The molecule has 1 saturated heterocycles. The summed E-state index contributed by atoms with van der Waals surface area (Å²) in [5, 5.41) is 0.649. The molecule has 30 heavy (non-hydrogen) atoms. The molecule has 0 saturated carbocycles. The fraction of sp³-hybridized carbons (Fsp3) is 0.217. The summed E-state index contributed by atoms with van der Waals surface area (Å²) in [7, 11) is 0. The number of likely N-dealkylation sites (tertiary alicyclic amines) is 1. The fourth-order valence-electron chi connectivity index (χ4n) is 4.05. The second kappa shape index (κ2) is 7.88. The predicted octanol–water partition coefficient (Wildman–Crippen LogP) is 4.46. The third-order valence-corrected chi connectivity index (χ3v) is 5.78. The Morgan fingerprint density at radius 3 is 2.83 bits per heavy atom. The molecule has 0 spiro atoms. The van der Waals surface area contributed by atoms with E-state index in [1.165, 1.54) is 0 Å². The minimum absolute atomic E-state index is 0.0506. The van der Waals surface area contributed by atoms with Gasteiger partial charge in [0.25, 0.3) is 5.91 Å². The van der Waals surface area contributed by atoms with E-state index in [2.05, 4.69) is 9.97 Å². The summed E-state index contributed by atoms with van der Waals surface area (Å²) in [6, 6.07) is 13.3. The van der Waals surface area contributed by atoms with E-state index in [0.717, 1.165) is 42.1 Å². The number of fused-ring (bicyclic) bond motifs is 1. The van der Waals surface area contributed by atoms with Crippen LogP contribution in [0.4, 0.5) is 0 Å². The number of hydrogen-bond acceptors (Lipinski definition) is 4. The smallest absolute Gasteiger partial charge is 0.253 e. The first-order chi connectivity index (χ1) is 14.7. The van der Waals surface area contributed by atoms with Crippen LogP contribution < -0.4 is 0 Å². The monoisotopic (exact) mass is 417 g/mol. The average Bonchev–Trinajstić information content (AvgIpc) is 3.22. The summed E-state index contributed by atoms with van der Waals surface area (Å²) in [6.45, 7) is 1.43. The normalized spacial score (nSPS) is 16.7.